The largest absolute Gasteiger partial charge is 0.470 e. The number of hydrogen-bond donors (Lipinski definition) is 3. The molecule has 0 radical (unpaired) electrons. The summed E-state index contributed by atoms with van der Waals surface area (Å²) in [5, 5.41) is 3.21. The number of pyridine rings is 1. The maximum atomic E-state index is 11.3. The smallest absolute Gasteiger partial charge is 0.370 e. The summed E-state index contributed by atoms with van der Waals surface area (Å²) < 4.78 is 16.4. The molecule has 1 rings (SSSR count). The fourth-order valence-electron chi connectivity index (χ4n) is 2.69. The van der Waals surface area contributed by atoms with E-state index in [2.05, 4.69) is 17.2 Å². The molecule has 6 nitrogen and oxygen atoms in total. The van der Waals surface area contributed by atoms with E-state index < -0.39 is 19.5 Å². The third-order valence-electron chi connectivity index (χ3n) is 3.88. The molecule has 1 atom stereocenters. The molecule has 0 amide bonds. The average Bonchev–Trinajstić information content (AvgIpc) is 2.51. The average molecular weight is 388 g/mol. The van der Waals surface area contributed by atoms with Crippen LogP contribution in [0, 0.1) is 0 Å². The molecule has 8 heteroatoms. The molecule has 0 aliphatic heterocycles. The Hall–Kier alpha value is -0.850. The molecule has 0 aliphatic carbocycles. The Morgan fingerprint density at radius 2 is 2.04 bits per heavy atom. The molecule has 0 spiro atoms. The van der Waals surface area contributed by atoms with Crippen molar-refractivity contribution in [3.63, 3.8) is 0 Å². The number of rotatable bonds is 11. The van der Waals surface area contributed by atoms with E-state index in [9.17, 15) is 14.4 Å². The summed E-state index contributed by atoms with van der Waals surface area (Å²) in [5.74, 6) is 0. The standard InChI is InChI=1S/C17H29N2O4PS/c1-4-5-6-7-8-11-15(25)19-16(14-10-9-12-18-13-14)17(2,3)23-24(20,21)22/h9-10,12-13,16H,4-8,11H2,1-3H3,(H,19,25)(H2,20,21,22). The fourth-order valence-corrected chi connectivity index (χ4v) is 3.67. The topological polar surface area (TPSA) is 91.7 Å². The number of aromatic nitrogens is 1. The van der Waals surface area contributed by atoms with E-state index in [0.29, 0.717) is 4.99 Å². The summed E-state index contributed by atoms with van der Waals surface area (Å²) in [4.78, 5) is 23.2. The number of unbranched alkanes of at least 4 members (excludes halogenated alkanes) is 4. The van der Waals surface area contributed by atoms with Crippen LogP contribution in [0.2, 0.25) is 0 Å². The second kappa shape index (κ2) is 10.3. The van der Waals surface area contributed by atoms with Gasteiger partial charge < -0.3 is 15.1 Å². The third kappa shape index (κ3) is 8.88. The number of phosphoric ester groups is 1. The first-order valence-electron chi connectivity index (χ1n) is 8.61. The van der Waals surface area contributed by atoms with Gasteiger partial charge in [0.2, 0.25) is 0 Å². The van der Waals surface area contributed by atoms with E-state index in [1.807, 2.05) is 6.07 Å². The molecule has 1 aromatic heterocycles. The van der Waals surface area contributed by atoms with Crippen LogP contribution in [0.5, 0.6) is 0 Å². The van der Waals surface area contributed by atoms with E-state index in [0.717, 1.165) is 24.8 Å². The Morgan fingerprint density at radius 1 is 1.36 bits per heavy atom. The zero-order chi connectivity index (χ0) is 18.9. The minimum Gasteiger partial charge on any atom is -0.370 e. The van der Waals surface area contributed by atoms with Gasteiger partial charge in [0.15, 0.2) is 0 Å². The van der Waals surface area contributed by atoms with Gasteiger partial charge in [0, 0.05) is 12.4 Å². The van der Waals surface area contributed by atoms with Crippen molar-refractivity contribution in [2.45, 2.75) is 70.9 Å². The molecule has 142 valence electrons. The first kappa shape index (κ1) is 22.2. The van der Waals surface area contributed by atoms with Crippen molar-refractivity contribution in [2.75, 3.05) is 0 Å². The lowest BCUT2D eigenvalue weighted by Crippen LogP contribution is -2.43. The summed E-state index contributed by atoms with van der Waals surface area (Å²) in [5.41, 5.74) is -0.414. The van der Waals surface area contributed by atoms with Crippen molar-refractivity contribution in [1.82, 2.24) is 10.3 Å². The Kier molecular flexibility index (Phi) is 9.17. The van der Waals surface area contributed by atoms with E-state index in [1.54, 1.807) is 32.3 Å². The Balaban J connectivity index is 2.79. The van der Waals surface area contributed by atoms with E-state index in [-0.39, 0.29) is 0 Å². The van der Waals surface area contributed by atoms with Crippen LogP contribution in [0.1, 0.15) is 70.9 Å². The van der Waals surface area contributed by atoms with Gasteiger partial charge in [-0.15, -0.1) is 0 Å². The zero-order valence-electron chi connectivity index (χ0n) is 15.1. The van der Waals surface area contributed by atoms with Crippen LogP contribution in [-0.2, 0) is 9.09 Å². The number of nitrogens with zero attached hydrogens (tertiary/aromatic N) is 1. The molecule has 1 aromatic rings. The van der Waals surface area contributed by atoms with Crippen LogP contribution >= 0.6 is 20.0 Å². The first-order valence-corrected chi connectivity index (χ1v) is 10.5. The van der Waals surface area contributed by atoms with Crippen LogP contribution in [-0.4, -0.2) is 25.4 Å². The van der Waals surface area contributed by atoms with Crippen molar-refractivity contribution < 1.29 is 18.9 Å². The van der Waals surface area contributed by atoms with Crippen LogP contribution in [0.3, 0.4) is 0 Å². The highest BCUT2D eigenvalue weighted by Crippen LogP contribution is 2.45. The summed E-state index contributed by atoms with van der Waals surface area (Å²) >= 11 is 5.44. The summed E-state index contributed by atoms with van der Waals surface area (Å²) in [7, 11) is -4.64. The van der Waals surface area contributed by atoms with Crippen molar-refractivity contribution in [2.24, 2.45) is 0 Å². The van der Waals surface area contributed by atoms with Gasteiger partial charge in [0.1, 0.15) is 0 Å². The van der Waals surface area contributed by atoms with Crippen LogP contribution in [0.4, 0.5) is 0 Å². The molecule has 0 aromatic carbocycles. The maximum absolute atomic E-state index is 11.3. The molecule has 0 fully saturated rings. The molecule has 1 heterocycles. The number of phosphoric acid groups is 1. The minimum atomic E-state index is -4.64. The minimum absolute atomic E-state index is 0.517. The van der Waals surface area contributed by atoms with Crippen molar-refractivity contribution in [3.8, 4) is 0 Å². The summed E-state index contributed by atoms with van der Waals surface area (Å²) in [6.07, 6.45) is 9.75. The van der Waals surface area contributed by atoms with Gasteiger partial charge in [-0.3, -0.25) is 9.51 Å². The van der Waals surface area contributed by atoms with Crippen LogP contribution in [0.15, 0.2) is 24.5 Å². The van der Waals surface area contributed by atoms with Gasteiger partial charge in [0.05, 0.1) is 16.6 Å². The van der Waals surface area contributed by atoms with Gasteiger partial charge in [0.25, 0.3) is 0 Å². The van der Waals surface area contributed by atoms with Crippen LogP contribution < -0.4 is 5.32 Å². The Labute approximate surface area is 155 Å². The molecular weight excluding hydrogens is 359 g/mol. The summed E-state index contributed by atoms with van der Waals surface area (Å²) in [6, 6.07) is 3.09. The van der Waals surface area contributed by atoms with E-state index >= 15 is 0 Å². The lowest BCUT2D eigenvalue weighted by Gasteiger charge is -2.35. The first-order chi connectivity index (χ1) is 11.7. The Morgan fingerprint density at radius 3 is 2.60 bits per heavy atom. The maximum Gasteiger partial charge on any atom is 0.470 e. The lowest BCUT2D eigenvalue weighted by molar-refractivity contribution is 0.0366. The number of hydrogen-bond acceptors (Lipinski definition) is 4. The van der Waals surface area contributed by atoms with Gasteiger partial charge in [-0.25, -0.2) is 4.57 Å². The number of nitrogens with one attached hydrogen (secondary N) is 1. The fraction of sp³-hybridized carbons (Fsp3) is 0.647. The lowest BCUT2D eigenvalue weighted by atomic mass is 9.92. The highest BCUT2D eigenvalue weighted by atomic mass is 32.1. The normalized spacial score (nSPS) is 13.5. The van der Waals surface area contributed by atoms with Crippen molar-refractivity contribution >= 4 is 25.0 Å². The van der Waals surface area contributed by atoms with Crippen LogP contribution in [0.25, 0.3) is 0 Å². The molecule has 25 heavy (non-hydrogen) atoms. The van der Waals surface area contributed by atoms with Gasteiger partial charge in [-0.1, -0.05) is 50.9 Å². The molecular formula is C17H29N2O4PS. The Bertz CT molecular complexity index is 577. The summed E-state index contributed by atoms with van der Waals surface area (Å²) in [6.45, 7) is 5.43. The molecule has 0 aliphatic rings. The molecule has 0 saturated carbocycles. The van der Waals surface area contributed by atoms with Crippen molar-refractivity contribution in [1.29, 1.82) is 0 Å². The molecule has 0 saturated heterocycles. The molecule has 3 N–H and O–H groups in total. The highest BCUT2D eigenvalue weighted by Gasteiger charge is 2.38. The van der Waals surface area contributed by atoms with Gasteiger partial charge in [-0.05, 0) is 38.3 Å². The predicted molar refractivity (Wildman–Crippen MR) is 103 cm³/mol. The van der Waals surface area contributed by atoms with E-state index in [4.69, 9.17) is 16.7 Å². The predicted octanol–water partition coefficient (Wildman–Crippen LogP) is 4.29. The highest BCUT2D eigenvalue weighted by molar-refractivity contribution is 7.80. The molecule has 1 unspecified atom stereocenters. The third-order valence-corrected chi connectivity index (χ3v) is 4.91. The zero-order valence-corrected chi connectivity index (χ0v) is 16.9. The van der Waals surface area contributed by atoms with Gasteiger partial charge >= 0.3 is 7.82 Å². The SMILES string of the molecule is CCCCCCCC(=S)NC(c1cccnc1)C(C)(C)OP(=O)(O)O. The van der Waals surface area contributed by atoms with Crippen molar-refractivity contribution in [3.05, 3.63) is 30.1 Å². The second-order valence-electron chi connectivity index (χ2n) is 6.64. The number of thiocarbonyl (C=S) groups is 1. The quantitative estimate of drug-likeness (QED) is 0.296. The molecule has 0 bridgehead atoms. The van der Waals surface area contributed by atoms with Gasteiger partial charge in [-0.2, -0.15) is 0 Å². The second-order valence-corrected chi connectivity index (χ2v) is 8.29. The van der Waals surface area contributed by atoms with E-state index in [1.165, 1.54) is 19.3 Å². The monoisotopic (exact) mass is 388 g/mol.